The van der Waals surface area contributed by atoms with Crippen molar-refractivity contribution in [1.29, 1.82) is 0 Å². The minimum absolute atomic E-state index is 0.0300. The summed E-state index contributed by atoms with van der Waals surface area (Å²) in [6, 6.07) is 21.7. The molecule has 0 spiro atoms. The third-order valence-corrected chi connectivity index (χ3v) is 9.13. The summed E-state index contributed by atoms with van der Waals surface area (Å²) < 4.78 is 40.3. The molecule has 3 aromatic carbocycles. The van der Waals surface area contributed by atoms with Gasteiger partial charge in [-0.15, -0.1) is 0 Å². The van der Waals surface area contributed by atoms with E-state index in [0.717, 1.165) is 22.5 Å². The van der Waals surface area contributed by atoms with Gasteiger partial charge in [0.2, 0.25) is 0 Å². The highest BCUT2D eigenvalue weighted by Gasteiger charge is 2.47. The van der Waals surface area contributed by atoms with Gasteiger partial charge < -0.3 is 9.47 Å². The first-order valence-electron chi connectivity index (χ1n) is 11.7. The van der Waals surface area contributed by atoms with Crippen molar-refractivity contribution in [2.75, 3.05) is 14.2 Å². The number of esters is 2. The fourth-order valence-electron chi connectivity index (χ4n) is 4.31. The Balaban J connectivity index is 2.16. The predicted molar refractivity (Wildman–Crippen MR) is 153 cm³/mol. The molecule has 9 heteroatoms. The van der Waals surface area contributed by atoms with Crippen molar-refractivity contribution in [3.05, 3.63) is 116 Å². The second-order valence-electron chi connectivity index (χ2n) is 8.72. The van der Waals surface area contributed by atoms with Crippen molar-refractivity contribution in [3.63, 3.8) is 0 Å². The minimum Gasteiger partial charge on any atom is -0.465 e. The first-order valence-corrected chi connectivity index (χ1v) is 14.2. The van der Waals surface area contributed by atoms with Crippen LogP contribution in [0.15, 0.2) is 98.6 Å². The van der Waals surface area contributed by atoms with Crippen LogP contribution >= 0.6 is 22.6 Å². The van der Waals surface area contributed by atoms with Crippen LogP contribution in [0.4, 0.5) is 0 Å². The monoisotopic (exact) mass is 643 g/mol. The summed E-state index contributed by atoms with van der Waals surface area (Å²) in [4.78, 5) is 26.7. The van der Waals surface area contributed by atoms with Crippen molar-refractivity contribution in [1.82, 2.24) is 4.31 Å². The summed E-state index contributed by atoms with van der Waals surface area (Å²) in [5.41, 5.74) is 2.93. The molecular weight excluding hydrogens is 617 g/mol. The van der Waals surface area contributed by atoms with Gasteiger partial charge >= 0.3 is 11.9 Å². The number of nitrogens with zero attached hydrogens (tertiary/aromatic N) is 1. The lowest BCUT2D eigenvalue weighted by atomic mass is 9.88. The van der Waals surface area contributed by atoms with Gasteiger partial charge in [-0.1, -0.05) is 77.9 Å². The average molecular weight is 643 g/mol. The molecule has 4 rings (SSSR count). The van der Waals surface area contributed by atoms with Gasteiger partial charge in [-0.25, -0.2) is 22.3 Å². The van der Waals surface area contributed by atoms with Gasteiger partial charge in [-0.05, 0) is 59.7 Å². The number of ether oxygens (including phenoxy) is 2. The Labute approximate surface area is 236 Å². The predicted octanol–water partition coefficient (Wildman–Crippen LogP) is 5.50. The van der Waals surface area contributed by atoms with Gasteiger partial charge in [0.1, 0.15) is 11.6 Å². The van der Waals surface area contributed by atoms with Gasteiger partial charge in [0.15, 0.2) is 5.70 Å². The third kappa shape index (κ3) is 5.00. The minimum atomic E-state index is -4.37. The first-order chi connectivity index (χ1) is 18.1. The number of rotatable bonds is 6. The number of aryl methyl sites for hydroxylation is 2. The van der Waals surface area contributed by atoms with Crippen LogP contribution in [-0.2, 0) is 29.1 Å². The molecule has 1 heterocycles. The Morgan fingerprint density at radius 1 is 0.789 bits per heavy atom. The summed E-state index contributed by atoms with van der Waals surface area (Å²) >= 11 is 2.07. The standard InChI is InChI=1S/C29H26INO6S/c1-18-10-14-20(15-11-18)23-24(28(32)36-3)27(29(33)37-4)31(26(25(23)30)21-8-6-5-7-9-21)38(34,35)22-16-12-19(2)13-17-22/h5-17,26H,1-4H3. The van der Waals surface area contributed by atoms with Crippen molar-refractivity contribution in [2.45, 2.75) is 24.8 Å². The molecule has 0 bridgehead atoms. The number of methoxy groups -OCH3 is 2. The van der Waals surface area contributed by atoms with E-state index in [-0.39, 0.29) is 10.5 Å². The number of halogens is 1. The van der Waals surface area contributed by atoms with Crippen LogP contribution < -0.4 is 0 Å². The topological polar surface area (TPSA) is 90.0 Å². The summed E-state index contributed by atoms with van der Waals surface area (Å²) in [6.45, 7) is 3.78. The van der Waals surface area contributed by atoms with E-state index in [0.29, 0.717) is 20.3 Å². The molecule has 0 N–H and O–H groups in total. The molecule has 0 aliphatic carbocycles. The van der Waals surface area contributed by atoms with Crippen LogP contribution in [0.1, 0.15) is 28.3 Å². The summed E-state index contributed by atoms with van der Waals surface area (Å²) in [5.74, 6) is -1.83. The summed E-state index contributed by atoms with van der Waals surface area (Å²) in [5, 5.41) is 0. The lowest BCUT2D eigenvalue weighted by Crippen LogP contribution is -2.42. The Hall–Kier alpha value is -3.44. The Bertz CT molecular complexity index is 1540. The molecule has 0 saturated heterocycles. The Kier molecular flexibility index (Phi) is 8.08. The zero-order valence-electron chi connectivity index (χ0n) is 21.3. The fourth-order valence-corrected chi connectivity index (χ4v) is 7.33. The average Bonchev–Trinajstić information content (AvgIpc) is 2.92. The van der Waals surface area contributed by atoms with E-state index in [1.54, 1.807) is 36.4 Å². The van der Waals surface area contributed by atoms with Gasteiger partial charge in [0.05, 0.1) is 19.1 Å². The Morgan fingerprint density at radius 2 is 1.32 bits per heavy atom. The molecule has 1 unspecified atom stereocenters. The lowest BCUT2D eigenvalue weighted by Gasteiger charge is -2.39. The maximum Gasteiger partial charge on any atom is 0.356 e. The zero-order chi connectivity index (χ0) is 27.6. The second-order valence-corrected chi connectivity index (χ2v) is 11.7. The van der Waals surface area contributed by atoms with Crippen LogP contribution in [0.2, 0.25) is 0 Å². The van der Waals surface area contributed by atoms with E-state index in [9.17, 15) is 18.0 Å². The number of hydrogen-bond donors (Lipinski definition) is 0. The summed E-state index contributed by atoms with van der Waals surface area (Å²) in [6.07, 6.45) is 0. The molecular formula is C29H26INO6S. The highest BCUT2D eigenvalue weighted by molar-refractivity contribution is 14.1. The van der Waals surface area contributed by atoms with Crippen molar-refractivity contribution < 1.29 is 27.5 Å². The normalized spacial score (nSPS) is 15.9. The molecule has 0 fully saturated rings. The molecule has 1 aliphatic heterocycles. The van der Waals surface area contributed by atoms with E-state index in [2.05, 4.69) is 22.6 Å². The number of carbonyl (C=O) groups is 2. The van der Waals surface area contributed by atoms with Gasteiger partial charge in [0.25, 0.3) is 10.0 Å². The van der Waals surface area contributed by atoms with Gasteiger partial charge in [-0.3, -0.25) is 0 Å². The first kappa shape index (κ1) is 27.6. The Morgan fingerprint density at radius 3 is 1.84 bits per heavy atom. The molecule has 0 aromatic heterocycles. The highest BCUT2D eigenvalue weighted by Crippen LogP contribution is 2.50. The molecule has 3 aromatic rings. The number of carbonyl (C=O) groups excluding carboxylic acids is 2. The number of benzene rings is 3. The molecule has 7 nitrogen and oxygen atoms in total. The SMILES string of the molecule is COC(=O)C1=C(C(=O)OC)N(S(=O)(=O)c2ccc(C)cc2)C(c2ccccc2)C(I)=C1c1ccc(C)cc1. The molecule has 0 radical (unpaired) electrons. The van der Waals surface area contributed by atoms with Crippen LogP contribution in [-0.4, -0.2) is 38.9 Å². The summed E-state index contributed by atoms with van der Waals surface area (Å²) in [7, 11) is -2.04. The van der Waals surface area contributed by atoms with Gasteiger partial charge in [0, 0.05) is 9.15 Å². The maximum atomic E-state index is 14.3. The molecule has 0 saturated carbocycles. The van der Waals surface area contributed by atoms with E-state index < -0.39 is 33.7 Å². The van der Waals surface area contributed by atoms with Crippen LogP contribution in [0.3, 0.4) is 0 Å². The van der Waals surface area contributed by atoms with Gasteiger partial charge in [-0.2, -0.15) is 0 Å². The number of hydrogen-bond acceptors (Lipinski definition) is 6. The van der Waals surface area contributed by atoms with E-state index in [1.807, 2.05) is 44.2 Å². The smallest absolute Gasteiger partial charge is 0.356 e. The highest BCUT2D eigenvalue weighted by atomic mass is 127. The van der Waals surface area contributed by atoms with E-state index in [1.165, 1.54) is 19.2 Å². The fraction of sp³-hybridized carbons (Fsp3) is 0.172. The molecule has 1 aliphatic rings. The molecule has 38 heavy (non-hydrogen) atoms. The van der Waals surface area contributed by atoms with Crippen LogP contribution in [0.25, 0.3) is 5.57 Å². The largest absolute Gasteiger partial charge is 0.465 e. The van der Waals surface area contributed by atoms with Crippen LogP contribution in [0, 0.1) is 13.8 Å². The maximum absolute atomic E-state index is 14.3. The quantitative estimate of drug-likeness (QED) is 0.261. The van der Waals surface area contributed by atoms with E-state index in [4.69, 9.17) is 9.47 Å². The van der Waals surface area contributed by atoms with E-state index >= 15 is 0 Å². The third-order valence-electron chi connectivity index (χ3n) is 6.22. The molecule has 0 amide bonds. The molecule has 1 atom stereocenters. The molecule has 196 valence electrons. The number of sulfonamides is 1. The second kappa shape index (κ2) is 11.1. The lowest BCUT2D eigenvalue weighted by molar-refractivity contribution is -0.140. The van der Waals surface area contributed by atoms with Crippen molar-refractivity contribution in [3.8, 4) is 0 Å². The zero-order valence-corrected chi connectivity index (χ0v) is 24.2. The van der Waals surface area contributed by atoms with Crippen LogP contribution in [0.5, 0.6) is 0 Å². The van der Waals surface area contributed by atoms with Crippen molar-refractivity contribution in [2.24, 2.45) is 0 Å². The van der Waals surface area contributed by atoms with Crippen molar-refractivity contribution >= 4 is 50.1 Å².